The fourth-order valence-electron chi connectivity index (χ4n) is 2.18. The number of hydrogen-bond acceptors (Lipinski definition) is 4. The maximum absolute atomic E-state index is 12.1. The molecule has 108 valence electrons. The number of imidazole rings is 1. The molecule has 21 heavy (non-hydrogen) atoms. The van der Waals surface area contributed by atoms with Crippen LogP contribution in [-0.4, -0.2) is 20.4 Å². The number of para-hydroxylation sites is 2. The van der Waals surface area contributed by atoms with Crippen LogP contribution in [0.15, 0.2) is 36.8 Å². The van der Waals surface area contributed by atoms with Crippen molar-refractivity contribution in [2.75, 3.05) is 5.32 Å². The smallest absolute Gasteiger partial charge is 0.246 e. The van der Waals surface area contributed by atoms with E-state index in [-0.39, 0.29) is 12.5 Å². The highest BCUT2D eigenvalue weighted by Gasteiger charge is 2.09. The van der Waals surface area contributed by atoms with E-state index in [4.69, 9.17) is 0 Å². The molecule has 0 unspecified atom stereocenters. The third-order valence-electron chi connectivity index (χ3n) is 3.14. The Bertz CT molecular complexity index is 762. The van der Waals surface area contributed by atoms with Crippen LogP contribution < -0.4 is 5.32 Å². The average Bonchev–Trinajstić information content (AvgIpc) is 3.07. The van der Waals surface area contributed by atoms with Gasteiger partial charge in [-0.15, -0.1) is 11.3 Å². The zero-order chi connectivity index (χ0) is 14.7. The van der Waals surface area contributed by atoms with E-state index in [1.54, 1.807) is 6.33 Å². The molecular formula is C15H16N4OS. The lowest BCUT2D eigenvalue weighted by Crippen LogP contribution is -2.18. The van der Waals surface area contributed by atoms with E-state index in [2.05, 4.69) is 22.2 Å². The van der Waals surface area contributed by atoms with Crippen LogP contribution in [0, 0.1) is 0 Å². The van der Waals surface area contributed by atoms with E-state index >= 15 is 0 Å². The summed E-state index contributed by atoms with van der Waals surface area (Å²) in [5, 5.41) is 3.50. The maximum atomic E-state index is 12.1. The minimum Gasteiger partial charge on any atom is -0.321 e. The molecule has 3 rings (SSSR count). The van der Waals surface area contributed by atoms with Gasteiger partial charge in [-0.05, 0) is 18.6 Å². The minimum absolute atomic E-state index is 0.0875. The second-order valence-corrected chi connectivity index (χ2v) is 5.91. The summed E-state index contributed by atoms with van der Waals surface area (Å²) in [6.45, 7) is 2.37. The van der Waals surface area contributed by atoms with Crippen LogP contribution in [0.2, 0.25) is 0 Å². The molecule has 5 nitrogen and oxygen atoms in total. The molecule has 0 fully saturated rings. The fraction of sp³-hybridized carbons (Fsp3) is 0.267. The zero-order valence-electron chi connectivity index (χ0n) is 11.7. The van der Waals surface area contributed by atoms with Crippen LogP contribution in [0.5, 0.6) is 0 Å². The highest BCUT2D eigenvalue weighted by molar-refractivity contribution is 7.15. The van der Waals surface area contributed by atoms with Gasteiger partial charge in [-0.1, -0.05) is 25.5 Å². The number of carbonyl (C=O) groups excluding carboxylic acids is 1. The lowest BCUT2D eigenvalue weighted by molar-refractivity contribution is -0.116. The largest absolute Gasteiger partial charge is 0.321 e. The van der Waals surface area contributed by atoms with Crippen molar-refractivity contribution in [3.63, 3.8) is 0 Å². The van der Waals surface area contributed by atoms with E-state index < -0.39 is 0 Å². The molecule has 0 aliphatic carbocycles. The summed E-state index contributed by atoms with van der Waals surface area (Å²) in [5.74, 6) is -0.0875. The maximum Gasteiger partial charge on any atom is 0.246 e. The van der Waals surface area contributed by atoms with Crippen molar-refractivity contribution >= 4 is 33.4 Å². The van der Waals surface area contributed by atoms with Crippen molar-refractivity contribution in [1.29, 1.82) is 0 Å². The Morgan fingerprint density at radius 1 is 1.33 bits per heavy atom. The number of hydrogen-bond donors (Lipinski definition) is 1. The number of nitrogens with one attached hydrogen (secondary N) is 1. The van der Waals surface area contributed by atoms with Gasteiger partial charge in [0.05, 0.1) is 17.4 Å². The summed E-state index contributed by atoms with van der Waals surface area (Å²) in [4.78, 5) is 21.8. The standard InChI is InChI=1S/C15H16N4OS/c1-2-5-11-8-16-15(21-11)18-14(20)9-19-10-17-12-6-3-4-7-13(12)19/h3-4,6-8,10H,2,5,9H2,1H3,(H,16,18,20). The normalized spacial score (nSPS) is 10.9. The quantitative estimate of drug-likeness (QED) is 0.787. The Balaban J connectivity index is 1.68. The second-order valence-electron chi connectivity index (χ2n) is 4.79. The SMILES string of the molecule is CCCc1cnc(NC(=O)Cn2cnc3ccccc32)s1. The van der Waals surface area contributed by atoms with Gasteiger partial charge in [-0.25, -0.2) is 9.97 Å². The fourth-order valence-corrected chi connectivity index (χ4v) is 3.11. The van der Waals surface area contributed by atoms with Crippen LogP contribution in [0.25, 0.3) is 11.0 Å². The first-order chi connectivity index (χ1) is 10.3. The van der Waals surface area contributed by atoms with E-state index in [0.717, 1.165) is 23.9 Å². The number of aryl methyl sites for hydroxylation is 1. The molecule has 1 N–H and O–H groups in total. The van der Waals surface area contributed by atoms with Crippen molar-refractivity contribution in [3.05, 3.63) is 41.7 Å². The van der Waals surface area contributed by atoms with Gasteiger partial charge in [0, 0.05) is 11.1 Å². The van der Waals surface area contributed by atoms with Crippen LogP contribution in [-0.2, 0) is 17.8 Å². The summed E-state index contributed by atoms with van der Waals surface area (Å²) < 4.78 is 1.84. The monoisotopic (exact) mass is 300 g/mol. The molecule has 0 aliphatic heterocycles. The Kier molecular flexibility index (Phi) is 3.96. The number of benzene rings is 1. The van der Waals surface area contributed by atoms with Gasteiger partial charge in [0.1, 0.15) is 6.54 Å². The van der Waals surface area contributed by atoms with Crippen LogP contribution in [0.1, 0.15) is 18.2 Å². The number of aromatic nitrogens is 3. The van der Waals surface area contributed by atoms with Crippen molar-refractivity contribution in [3.8, 4) is 0 Å². The number of rotatable bonds is 5. The first kappa shape index (κ1) is 13.8. The number of thiazole rings is 1. The zero-order valence-corrected chi connectivity index (χ0v) is 12.6. The van der Waals surface area contributed by atoms with Gasteiger partial charge in [0.15, 0.2) is 5.13 Å². The molecule has 3 aromatic rings. The van der Waals surface area contributed by atoms with E-state index in [1.165, 1.54) is 16.2 Å². The van der Waals surface area contributed by atoms with Crippen molar-refractivity contribution in [2.24, 2.45) is 0 Å². The van der Waals surface area contributed by atoms with E-state index in [0.29, 0.717) is 5.13 Å². The number of amides is 1. The van der Waals surface area contributed by atoms with E-state index in [1.807, 2.05) is 35.0 Å². The molecular weight excluding hydrogens is 284 g/mol. The Hall–Kier alpha value is -2.21. The third-order valence-corrected chi connectivity index (χ3v) is 4.11. The average molecular weight is 300 g/mol. The van der Waals surface area contributed by atoms with E-state index in [9.17, 15) is 4.79 Å². The molecule has 0 saturated heterocycles. The molecule has 1 aromatic carbocycles. The molecule has 6 heteroatoms. The first-order valence-corrected chi connectivity index (χ1v) is 7.72. The van der Waals surface area contributed by atoms with Gasteiger partial charge in [0.2, 0.25) is 5.91 Å². The van der Waals surface area contributed by atoms with Gasteiger partial charge in [-0.2, -0.15) is 0 Å². The predicted molar refractivity (Wildman–Crippen MR) is 84.5 cm³/mol. The number of carbonyl (C=O) groups is 1. The summed E-state index contributed by atoms with van der Waals surface area (Å²) in [7, 11) is 0. The van der Waals surface area contributed by atoms with Gasteiger partial charge in [0.25, 0.3) is 0 Å². The van der Waals surface area contributed by atoms with Crippen molar-refractivity contribution in [1.82, 2.24) is 14.5 Å². The summed E-state index contributed by atoms with van der Waals surface area (Å²) in [6, 6.07) is 7.76. The van der Waals surface area contributed by atoms with Gasteiger partial charge >= 0.3 is 0 Å². The summed E-state index contributed by atoms with van der Waals surface area (Å²) in [5.41, 5.74) is 1.85. The topological polar surface area (TPSA) is 59.8 Å². The molecule has 1 amide bonds. The molecule has 0 radical (unpaired) electrons. The number of anilines is 1. The molecule has 2 heterocycles. The third kappa shape index (κ3) is 3.11. The Morgan fingerprint density at radius 3 is 3.05 bits per heavy atom. The molecule has 0 atom stereocenters. The summed E-state index contributed by atoms with van der Waals surface area (Å²) in [6.07, 6.45) is 5.60. The molecule has 0 bridgehead atoms. The lowest BCUT2D eigenvalue weighted by Gasteiger charge is -2.04. The van der Waals surface area contributed by atoms with Crippen molar-refractivity contribution in [2.45, 2.75) is 26.3 Å². The minimum atomic E-state index is -0.0875. The van der Waals surface area contributed by atoms with Crippen LogP contribution in [0.4, 0.5) is 5.13 Å². The highest BCUT2D eigenvalue weighted by Crippen LogP contribution is 2.19. The Labute approximate surface area is 126 Å². The molecule has 2 aromatic heterocycles. The van der Waals surface area contributed by atoms with Crippen LogP contribution >= 0.6 is 11.3 Å². The second kappa shape index (κ2) is 6.05. The van der Waals surface area contributed by atoms with Crippen LogP contribution in [0.3, 0.4) is 0 Å². The molecule has 0 saturated carbocycles. The predicted octanol–water partition coefficient (Wildman–Crippen LogP) is 3.08. The van der Waals surface area contributed by atoms with Gasteiger partial charge < -0.3 is 9.88 Å². The lowest BCUT2D eigenvalue weighted by atomic mass is 10.3. The number of fused-ring (bicyclic) bond motifs is 1. The Morgan fingerprint density at radius 2 is 2.19 bits per heavy atom. The first-order valence-electron chi connectivity index (χ1n) is 6.90. The molecule has 0 spiro atoms. The molecule has 0 aliphatic rings. The summed E-state index contributed by atoms with van der Waals surface area (Å²) >= 11 is 1.53. The number of nitrogens with zero attached hydrogens (tertiary/aromatic N) is 3. The van der Waals surface area contributed by atoms with Gasteiger partial charge in [-0.3, -0.25) is 4.79 Å². The highest BCUT2D eigenvalue weighted by atomic mass is 32.1. The van der Waals surface area contributed by atoms with Crippen molar-refractivity contribution < 1.29 is 4.79 Å².